The van der Waals surface area contributed by atoms with Gasteiger partial charge in [0.2, 0.25) is 0 Å². The van der Waals surface area contributed by atoms with Gasteiger partial charge in [-0.05, 0) is 35.2 Å². The number of fused-ring (bicyclic) bond motifs is 1. The highest BCUT2D eigenvalue weighted by molar-refractivity contribution is 7.18. The number of carbonyl (C=O) groups is 1. The first-order valence-corrected chi connectivity index (χ1v) is 9.60. The average Bonchev–Trinajstić information content (AvgIpc) is 3.09. The van der Waals surface area contributed by atoms with Crippen LogP contribution in [0.15, 0.2) is 78.9 Å². The maximum absolute atomic E-state index is 12.3. The quantitative estimate of drug-likeness (QED) is 0.442. The third kappa shape index (κ3) is 3.89. The number of Topliss-reactive ketones (excluding diaryl/α,β-unsaturated/α-hetero) is 1. The van der Waals surface area contributed by atoms with Crippen molar-refractivity contribution >= 4 is 27.3 Å². The van der Waals surface area contributed by atoms with Crippen molar-refractivity contribution in [3.05, 3.63) is 89.4 Å². The van der Waals surface area contributed by atoms with Gasteiger partial charge in [0, 0.05) is 6.42 Å². The van der Waals surface area contributed by atoms with E-state index in [1.165, 1.54) is 16.7 Å². The number of hydrogen-bond donors (Lipinski definition) is 0. The summed E-state index contributed by atoms with van der Waals surface area (Å²) < 4.78 is 1.14. The monoisotopic (exact) mass is 357 g/mol. The predicted octanol–water partition coefficient (Wildman–Crippen LogP) is 5.71. The Bertz CT molecular complexity index is 1020. The number of ketones is 1. The predicted molar refractivity (Wildman–Crippen MR) is 109 cm³/mol. The molecular weight excluding hydrogens is 338 g/mol. The Labute approximate surface area is 157 Å². The van der Waals surface area contributed by atoms with E-state index in [9.17, 15) is 4.79 Å². The van der Waals surface area contributed by atoms with Crippen LogP contribution in [0.4, 0.5) is 0 Å². The van der Waals surface area contributed by atoms with Crippen molar-refractivity contribution in [1.82, 2.24) is 4.98 Å². The van der Waals surface area contributed by atoms with Gasteiger partial charge in [-0.25, -0.2) is 4.98 Å². The van der Waals surface area contributed by atoms with Crippen LogP contribution >= 0.6 is 11.3 Å². The van der Waals surface area contributed by atoms with E-state index < -0.39 is 0 Å². The fourth-order valence-corrected chi connectivity index (χ4v) is 4.08. The van der Waals surface area contributed by atoms with Gasteiger partial charge in [-0.1, -0.05) is 66.7 Å². The molecule has 0 amide bonds. The zero-order chi connectivity index (χ0) is 17.8. The van der Waals surface area contributed by atoms with Crippen LogP contribution in [0.2, 0.25) is 0 Å². The topological polar surface area (TPSA) is 30.0 Å². The molecule has 0 radical (unpaired) electrons. The Balaban J connectivity index is 1.46. The average molecular weight is 357 g/mol. The first-order valence-electron chi connectivity index (χ1n) is 8.78. The molecule has 2 nitrogen and oxygen atoms in total. The zero-order valence-electron chi connectivity index (χ0n) is 14.4. The summed E-state index contributed by atoms with van der Waals surface area (Å²) in [5.41, 5.74) is 4.56. The Morgan fingerprint density at radius 2 is 1.58 bits per heavy atom. The minimum absolute atomic E-state index is 0.246. The summed E-state index contributed by atoms with van der Waals surface area (Å²) in [5, 5.41) is 0.906. The molecule has 4 rings (SSSR count). The lowest BCUT2D eigenvalue weighted by Crippen LogP contribution is -2.03. The number of hydrogen-bond acceptors (Lipinski definition) is 3. The number of aryl methyl sites for hydroxylation is 1. The van der Waals surface area contributed by atoms with E-state index in [0.29, 0.717) is 12.8 Å². The van der Waals surface area contributed by atoms with E-state index >= 15 is 0 Å². The lowest BCUT2D eigenvalue weighted by molar-refractivity contribution is -0.118. The van der Waals surface area contributed by atoms with Crippen LogP contribution in [-0.2, 0) is 17.6 Å². The number of rotatable bonds is 6. The van der Waals surface area contributed by atoms with Crippen LogP contribution in [-0.4, -0.2) is 10.8 Å². The molecule has 128 valence electrons. The number of aromatic nitrogens is 1. The van der Waals surface area contributed by atoms with Gasteiger partial charge >= 0.3 is 0 Å². The fraction of sp³-hybridized carbons (Fsp3) is 0.130. The number of thiazole rings is 1. The van der Waals surface area contributed by atoms with Crippen molar-refractivity contribution in [3.8, 4) is 11.1 Å². The second-order valence-electron chi connectivity index (χ2n) is 6.36. The highest BCUT2D eigenvalue weighted by atomic mass is 32.1. The molecule has 0 saturated carbocycles. The second kappa shape index (κ2) is 7.63. The molecule has 3 aromatic carbocycles. The Morgan fingerprint density at radius 3 is 2.35 bits per heavy atom. The Hall–Kier alpha value is -2.78. The van der Waals surface area contributed by atoms with Gasteiger partial charge < -0.3 is 0 Å². The second-order valence-corrected chi connectivity index (χ2v) is 7.47. The number of benzene rings is 3. The van der Waals surface area contributed by atoms with Gasteiger partial charge in [0.15, 0.2) is 0 Å². The lowest BCUT2D eigenvalue weighted by Gasteiger charge is -2.00. The zero-order valence-corrected chi connectivity index (χ0v) is 15.2. The lowest BCUT2D eigenvalue weighted by atomic mass is 10.1. The molecule has 0 atom stereocenters. The van der Waals surface area contributed by atoms with Gasteiger partial charge in [0.1, 0.15) is 10.8 Å². The smallest absolute Gasteiger partial charge is 0.140 e. The molecule has 0 bridgehead atoms. The van der Waals surface area contributed by atoms with E-state index in [4.69, 9.17) is 0 Å². The van der Waals surface area contributed by atoms with Crippen LogP contribution in [0.25, 0.3) is 21.3 Å². The molecule has 0 fully saturated rings. The summed E-state index contributed by atoms with van der Waals surface area (Å²) in [7, 11) is 0. The van der Waals surface area contributed by atoms with E-state index in [-0.39, 0.29) is 5.78 Å². The van der Waals surface area contributed by atoms with Gasteiger partial charge in [0.05, 0.1) is 16.6 Å². The minimum Gasteiger partial charge on any atom is -0.299 e. The first kappa shape index (κ1) is 16.7. The minimum atomic E-state index is 0.246. The molecule has 0 saturated heterocycles. The highest BCUT2D eigenvalue weighted by Gasteiger charge is 2.10. The van der Waals surface area contributed by atoms with Gasteiger partial charge in [-0.2, -0.15) is 0 Å². The Morgan fingerprint density at radius 1 is 0.846 bits per heavy atom. The van der Waals surface area contributed by atoms with Crippen LogP contribution in [0, 0.1) is 0 Å². The number of carbonyl (C=O) groups excluding carboxylic acids is 1. The third-order valence-corrected chi connectivity index (χ3v) is 5.44. The molecule has 3 heteroatoms. The standard InChI is InChI=1S/C23H19NOS/c25-20(13-11-17-7-3-1-4-8-17)16-23-24-21-14-12-19(15-22(21)26-23)18-9-5-2-6-10-18/h1-10,12,14-15H,11,13,16H2. The molecule has 0 aliphatic carbocycles. The molecular formula is C23H19NOS. The summed E-state index contributed by atoms with van der Waals surface area (Å²) in [6.45, 7) is 0. The van der Waals surface area contributed by atoms with Crippen LogP contribution in [0.5, 0.6) is 0 Å². The molecule has 4 aromatic rings. The molecule has 26 heavy (non-hydrogen) atoms. The maximum Gasteiger partial charge on any atom is 0.140 e. The normalized spacial score (nSPS) is 10.9. The van der Waals surface area contributed by atoms with Crippen LogP contribution < -0.4 is 0 Å². The van der Waals surface area contributed by atoms with Crippen molar-refractivity contribution < 1.29 is 4.79 Å². The Kier molecular flexibility index (Phi) is 4.89. The van der Waals surface area contributed by atoms with E-state index in [1.54, 1.807) is 11.3 Å². The molecule has 0 N–H and O–H groups in total. The van der Waals surface area contributed by atoms with Crippen LogP contribution in [0.3, 0.4) is 0 Å². The van der Waals surface area contributed by atoms with Crippen molar-refractivity contribution in [3.63, 3.8) is 0 Å². The number of nitrogens with zero attached hydrogens (tertiary/aromatic N) is 1. The highest BCUT2D eigenvalue weighted by Crippen LogP contribution is 2.28. The summed E-state index contributed by atoms with van der Waals surface area (Å²) >= 11 is 1.62. The van der Waals surface area contributed by atoms with E-state index in [2.05, 4.69) is 41.4 Å². The molecule has 0 spiro atoms. The van der Waals surface area contributed by atoms with Gasteiger partial charge in [-0.15, -0.1) is 11.3 Å². The summed E-state index contributed by atoms with van der Waals surface area (Å²) in [6.07, 6.45) is 1.78. The first-order chi connectivity index (χ1) is 12.8. The summed E-state index contributed by atoms with van der Waals surface area (Å²) in [6, 6.07) is 26.8. The molecule has 0 aliphatic rings. The fourth-order valence-electron chi connectivity index (χ4n) is 3.04. The SMILES string of the molecule is O=C(CCc1ccccc1)Cc1nc2ccc(-c3ccccc3)cc2s1. The summed E-state index contributed by atoms with van der Waals surface area (Å²) in [4.78, 5) is 17.0. The van der Waals surface area contributed by atoms with E-state index in [0.717, 1.165) is 21.6 Å². The van der Waals surface area contributed by atoms with Gasteiger partial charge in [-0.3, -0.25) is 4.79 Å². The molecule has 0 aliphatic heterocycles. The molecule has 0 unspecified atom stereocenters. The van der Waals surface area contributed by atoms with Crippen molar-refractivity contribution in [2.24, 2.45) is 0 Å². The third-order valence-electron chi connectivity index (χ3n) is 4.42. The molecule has 1 aromatic heterocycles. The van der Waals surface area contributed by atoms with Crippen molar-refractivity contribution in [2.45, 2.75) is 19.3 Å². The van der Waals surface area contributed by atoms with Gasteiger partial charge in [0.25, 0.3) is 0 Å². The largest absolute Gasteiger partial charge is 0.299 e. The maximum atomic E-state index is 12.3. The van der Waals surface area contributed by atoms with Crippen LogP contribution in [0.1, 0.15) is 17.0 Å². The van der Waals surface area contributed by atoms with Crippen molar-refractivity contribution in [1.29, 1.82) is 0 Å². The van der Waals surface area contributed by atoms with E-state index in [1.807, 2.05) is 42.5 Å². The van der Waals surface area contributed by atoms with Crippen molar-refractivity contribution in [2.75, 3.05) is 0 Å². The summed E-state index contributed by atoms with van der Waals surface area (Å²) in [5.74, 6) is 0.246. The molecule has 1 heterocycles.